The molecule has 0 amide bonds. The second-order valence-electron chi connectivity index (χ2n) is 5.14. The van der Waals surface area contributed by atoms with E-state index in [9.17, 15) is 0 Å². The number of hydrogen-bond donors (Lipinski definition) is 0. The van der Waals surface area contributed by atoms with E-state index in [2.05, 4.69) is 58.6 Å². The van der Waals surface area contributed by atoms with Crippen molar-refractivity contribution in [2.45, 2.75) is 26.8 Å². The van der Waals surface area contributed by atoms with Crippen LogP contribution < -0.4 is 0 Å². The van der Waals surface area contributed by atoms with Crippen LogP contribution in [0, 0.1) is 13.8 Å². The van der Waals surface area contributed by atoms with Gasteiger partial charge in [-0.3, -0.25) is 0 Å². The van der Waals surface area contributed by atoms with Gasteiger partial charge >= 0.3 is 0 Å². The molecule has 1 aromatic carbocycles. The summed E-state index contributed by atoms with van der Waals surface area (Å²) < 4.78 is 3.34. The van der Waals surface area contributed by atoms with E-state index < -0.39 is 0 Å². The Labute approximate surface area is 141 Å². The highest BCUT2D eigenvalue weighted by Gasteiger charge is 2.12. The lowest BCUT2D eigenvalue weighted by Crippen LogP contribution is -2.04. The molecule has 3 aromatic rings. The molecule has 0 saturated heterocycles. The van der Waals surface area contributed by atoms with Crippen molar-refractivity contribution in [2.24, 2.45) is 0 Å². The highest BCUT2D eigenvalue weighted by Crippen LogP contribution is 2.26. The third kappa shape index (κ3) is 3.03. The molecule has 0 aliphatic heterocycles. The van der Waals surface area contributed by atoms with Gasteiger partial charge in [0.2, 0.25) is 0 Å². The first-order chi connectivity index (χ1) is 10.1. The summed E-state index contributed by atoms with van der Waals surface area (Å²) in [6, 6.07) is 8.52. The molecular formula is C16H16BrClN2S. The normalized spacial score (nSPS) is 11.4. The lowest BCUT2D eigenvalue weighted by atomic mass is 10.2. The average molecular weight is 384 g/mol. The van der Waals surface area contributed by atoms with Crippen molar-refractivity contribution in [1.29, 1.82) is 0 Å². The predicted octanol–water partition coefficient (Wildman–Crippen LogP) is 5.31. The van der Waals surface area contributed by atoms with Crippen molar-refractivity contribution in [1.82, 2.24) is 9.55 Å². The summed E-state index contributed by atoms with van der Waals surface area (Å²) in [6.07, 6.45) is 0.789. The summed E-state index contributed by atoms with van der Waals surface area (Å²) >= 11 is 11.3. The van der Waals surface area contributed by atoms with Crippen LogP contribution in [0.25, 0.3) is 11.0 Å². The summed E-state index contributed by atoms with van der Waals surface area (Å²) in [5, 5.41) is 0. The number of aromatic nitrogens is 2. The van der Waals surface area contributed by atoms with Gasteiger partial charge in [-0.1, -0.05) is 15.9 Å². The molecule has 0 saturated carbocycles. The molecule has 0 spiro atoms. The van der Waals surface area contributed by atoms with E-state index in [0.29, 0.717) is 5.88 Å². The van der Waals surface area contributed by atoms with Gasteiger partial charge in [-0.05, 0) is 43.7 Å². The second-order valence-corrected chi connectivity index (χ2v) is 7.77. The lowest BCUT2D eigenvalue weighted by Gasteiger charge is -2.07. The van der Waals surface area contributed by atoms with E-state index >= 15 is 0 Å². The number of thiophene rings is 1. The van der Waals surface area contributed by atoms with Gasteiger partial charge < -0.3 is 4.57 Å². The number of fused-ring (bicyclic) bond motifs is 1. The van der Waals surface area contributed by atoms with Crippen LogP contribution in [0.4, 0.5) is 0 Å². The number of aryl methyl sites for hydroxylation is 3. The molecule has 5 heteroatoms. The molecule has 2 nitrogen and oxygen atoms in total. The Morgan fingerprint density at radius 2 is 2.10 bits per heavy atom. The molecule has 0 N–H and O–H groups in total. The minimum Gasteiger partial charge on any atom is -0.323 e. The predicted molar refractivity (Wildman–Crippen MR) is 94.8 cm³/mol. The standard InChI is InChI=1S/C16H16BrClN2S/c1-10-7-13(21-11(10)2)9-20-15-4-3-12(17)8-14(15)19-16(20)5-6-18/h3-4,7-8H,5-6,9H2,1-2H3. The number of nitrogens with zero attached hydrogens (tertiary/aromatic N) is 2. The number of rotatable bonds is 4. The molecule has 0 unspecified atom stereocenters. The Morgan fingerprint density at radius 3 is 2.76 bits per heavy atom. The van der Waals surface area contributed by atoms with E-state index in [1.165, 1.54) is 20.8 Å². The molecular weight excluding hydrogens is 368 g/mol. The van der Waals surface area contributed by atoms with Crippen LogP contribution in [0.15, 0.2) is 28.7 Å². The van der Waals surface area contributed by atoms with Crippen LogP contribution in [0.1, 0.15) is 21.1 Å². The van der Waals surface area contributed by atoms with Crippen molar-refractivity contribution in [3.05, 3.63) is 49.9 Å². The van der Waals surface area contributed by atoms with E-state index in [0.717, 1.165) is 28.8 Å². The fourth-order valence-electron chi connectivity index (χ4n) is 2.49. The van der Waals surface area contributed by atoms with Crippen molar-refractivity contribution in [3.8, 4) is 0 Å². The van der Waals surface area contributed by atoms with Crippen LogP contribution in [0.5, 0.6) is 0 Å². The van der Waals surface area contributed by atoms with E-state index in [1.54, 1.807) is 0 Å². The Morgan fingerprint density at radius 1 is 1.29 bits per heavy atom. The molecule has 2 heterocycles. The Balaban J connectivity index is 2.08. The number of hydrogen-bond acceptors (Lipinski definition) is 2. The summed E-state index contributed by atoms with van der Waals surface area (Å²) in [6.45, 7) is 5.20. The zero-order valence-corrected chi connectivity index (χ0v) is 15.1. The largest absolute Gasteiger partial charge is 0.323 e. The smallest absolute Gasteiger partial charge is 0.111 e. The topological polar surface area (TPSA) is 17.8 Å². The quantitative estimate of drug-likeness (QED) is 0.558. The van der Waals surface area contributed by atoms with Gasteiger partial charge in [-0.15, -0.1) is 22.9 Å². The summed E-state index contributed by atoms with van der Waals surface area (Å²) in [5.41, 5.74) is 3.55. The fourth-order valence-corrected chi connectivity index (χ4v) is 4.05. The maximum Gasteiger partial charge on any atom is 0.111 e. The Hall–Kier alpha value is -0.840. The molecule has 0 radical (unpaired) electrons. The van der Waals surface area contributed by atoms with Crippen LogP contribution in [-0.2, 0) is 13.0 Å². The highest BCUT2D eigenvalue weighted by molar-refractivity contribution is 9.10. The zero-order chi connectivity index (χ0) is 15.0. The molecule has 2 aromatic heterocycles. The Bertz CT molecular complexity index is 772. The molecule has 3 rings (SSSR count). The van der Waals surface area contributed by atoms with Gasteiger partial charge in [0.25, 0.3) is 0 Å². The SMILES string of the molecule is Cc1cc(Cn2c(CCCl)nc3cc(Br)ccc32)sc1C. The monoisotopic (exact) mass is 382 g/mol. The van der Waals surface area contributed by atoms with Gasteiger partial charge in [0, 0.05) is 26.5 Å². The molecule has 0 aliphatic rings. The second kappa shape index (κ2) is 6.11. The van der Waals surface area contributed by atoms with Crippen molar-refractivity contribution in [3.63, 3.8) is 0 Å². The summed E-state index contributed by atoms with van der Waals surface area (Å²) in [5.74, 6) is 1.65. The molecule has 110 valence electrons. The first-order valence-corrected chi connectivity index (χ1v) is 8.99. The van der Waals surface area contributed by atoms with Gasteiger partial charge in [0.05, 0.1) is 17.6 Å². The lowest BCUT2D eigenvalue weighted by molar-refractivity contribution is 0.763. The minimum atomic E-state index is 0.590. The first kappa shape index (κ1) is 15.1. The Kier molecular flexibility index (Phi) is 4.38. The molecule has 0 aliphatic carbocycles. The molecule has 0 fully saturated rings. The van der Waals surface area contributed by atoms with Gasteiger partial charge in [0.1, 0.15) is 5.82 Å². The van der Waals surface area contributed by atoms with Crippen LogP contribution >= 0.6 is 38.9 Å². The van der Waals surface area contributed by atoms with Crippen LogP contribution in [0.2, 0.25) is 0 Å². The van der Waals surface area contributed by atoms with Crippen molar-refractivity contribution >= 4 is 49.9 Å². The van der Waals surface area contributed by atoms with E-state index in [-0.39, 0.29) is 0 Å². The van der Waals surface area contributed by atoms with E-state index in [1.807, 2.05) is 11.3 Å². The van der Waals surface area contributed by atoms with Crippen LogP contribution in [0.3, 0.4) is 0 Å². The molecule has 0 bridgehead atoms. The summed E-state index contributed by atoms with van der Waals surface area (Å²) in [4.78, 5) is 7.49. The van der Waals surface area contributed by atoms with Crippen LogP contribution in [-0.4, -0.2) is 15.4 Å². The number of halogens is 2. The number of imidazole rings is 1. The minimum absolute atomic E-state index is 0.590. The van der Waals surface area contributed by atoms with Crippen molar-refractivity contribution < 1.29 is 0 Å². The zero-order valence-electron chi connectivity index (χ0n) is 12.0. The fraction of sp³-hybridized carbons (Fsp3) is 0.312. The average Bonchev–Trinajstić information content (AvgIpc) is 2.92. The molecule has 0 atom stereocenters. The third-order valence-electron chi connectivity index (χ3n) is 3.64. The number of benzene rings is 1. The van der Waals surface area contributed by atoms with Gasteiger partial charge in [-0.25, -0.2) is 4.98 Å². The number of alkyl halides is 1. The van der Waals surface area contributed by atoms with Gasteiger partial charge in [0.15, 0.2) is 0 Å². The van der Waals surface area contributed by atoms with E-state index in [4.69, 9.17) is 16.6 Å². The maximum absolute atomic E-state index is 5.94. The van der Waals surface area contributed by atoms with Gasteiger partial charge in [-0.2, -0.15) is 0 Å². The summed E-state index contributed by atoms with van der Waals surface area (Å²) in [7, 11) is 0. The maximum atomic E-state index is 5.94. The third-order valence-corrected chi connectivity index (χ3v) is 5.46. The molecule has 21 heavy (non-hydrogen) atoms. The first-order valence-electron chi connectivity index (χ1n) is 6.85. The highest BCUT2D eigenvalue weighted by atomic mass is 79.9. The van der Waals surface area contributed by atoms with Crippen molar-refractivity contribution in [2.75, 3.05) is 5.88 Å².